The predicted octanol–water partition coefficient (Wildman–Crippen LogP) is 1.30. The molecule has 0 aromatic heterocycles. The van der Waals surface area contributed by atoms with Crippen LogP contribution in [0.3, 0.4) is 0 Å². The minimum atomic E-state index is -0.424. The van der Waals surface area contributed by atoms with E-state index in [0.29, 0.717) is 13.1 Å². The van der Waals surface area contributed by atoms with Crippen molar-refractivity contribution in [3.63, 3.8) is 0 Å². The number of nitrogens with zero attached hydrogens (tertiary/aromatic N) is 1. The van der Waals surface area contributed by atoms with Gasteiger partial charge in [0.25, 0.3) is 0 Å². The van der Waals surface area contributed by atoms with Gasteiger partial charge < -0.3 is 10.2 Å². The third-order valence-corrected chi connectivity index (χ3v) is 2.67. The molecule has 1 N–H and O–H groups in total. The maximum Gasteiger partial charge on any atom is 0.311 e. The van der Waals surface area contributed by atoms with Crippen molar-refractivity contribution in [3.8, 4) is 0 Å². The van der Waals surface area contributed by atoms with Gasteiger partial charge in [0.15, 0.2) is 0 Å². The van der Waals surface area contributed by atoms with Crippen LogP contribution in [0.2, 0.25) is 0 Å². The SMILES string of the molecule is CCCCN(CCC)C(=O)C(=O)NC1CC1. The molecular weight excluding hydrogens is 204 g/mol. The van der Waals surface area contributed by atoms with E-state index < -0.39 is 5.91 Å². The summed E-state index contributed by atoms with van der Waals surface area (Å²) in [4.78, 5) is 25.1. The number of carbonyl (C=O) groups excluding carboxylic acids is 2. The molecule has 4 heteroatoms. The monoisotopic (exact) mass is 226 g/mol. The second-order valence-electron chi connectivity index (χ2n) is 4.39. The highest BCUT2D eigenvalue weighted by Crippen LogP contribution is 2.18. The fourth-order valence-corrected chi connectivity index (χ4v) is 1.55. The molecule has 1 fully saturated rings. The van der Waals surface area contributed by atoms with Crippen molar-refractivity contribution in [3.05, 3.63) is 0 Å². The molecule has 0 aromatic rings. The van der Waals surface area contributed by atoms with E-state index in [9.17, 15) is 9.59 Å². The first kappa shape index (κ1) is 13.0. The summed E-state index contributed by atoms with van der Waals surface area (Å²) in [7, 11) is 0. The fourth-order valence-electron chi connectivity index (χ4n) is 1.55. The fraction of sp³-hybridized carbons (Fsp3) is 0.833. The van der Waals surface area contributed by atoms with Crippen LogP contribution in [-0.2, 0) is 9.59 Å². The van der Waals surface area contributed by atoms with Gasteiger partial charge in [-0.05, 0) is 25.7 Å². The van der Waals surface area contributed by atoms with Gasteiger partial charge in [-0.15, -0.1) is 0 Å². The molecule has 0 atom stereocenters. The average Bonchev–Trinajstić information content (AvgIpc) is 3.07. The second-order valence-corrected chi connectivity index (χ2v) is 4.39. The minimum Gasteiger partial charge on any atom is -0.345 e. The highest BCUT2D eigenvalue weighted by atomic mass is 16.2. The Kier molecular flexibility index (Phi) is 5.29. The van der Waals surface area contributed by atoms with E-state index in [4.69, 9.17) is 0 Å². The molecule has 92 valence electrons. The molecule has 0 aliphatic heterocycles. The van der Waals surface area contributed by atoms with E-state index in [1.807, 2.05) is 6.92 Å². The number of rotatable bonds is 6. The number of nitrogens with one attached hydrogen (secondary N) is 1. The number of amides is 2. The normalized spacial score (nSPS) is 14.6. The van der Waals surface area contributed by atoms with Gasteiger partial charge in [0, 0.05) is 19.1 Å². The Labute approximate surface area is 97.4 Å². The maximum absolute atomic E-state index is 11.8. The van der Waals surface area contributed by atoms with Crippen LogP contribution < -0.4 is 5.32 Å². The molecule has 0 spiro atoms. The zero-order valence-corrected chi connectivity index (χ0v) is 10.3. The van der Waals surface area contributed by atoms with Gasteiger partial charge in [-0.25, -0.2) is 0 Å². The Morgan fingerprint density at radius 3 is 2.38 bits per heavy atom. The van der Waals surface area contributed by atoms with E-state index in [1.54, 1.807) is 4.90 Å². The molecule has 1 rings (SSSR count). The van der Waals surface area contributed by atoms with Crippen LogP contribution in [-0.4, -0.2) is 35.8 Å². The molecular formula is C12H22N2O2. The summed E-state index contributed by atoms with van der Waals surface area (Å²) in [6.45, 7) is 5.47. The third kappa shape index (κ3) is 4.21. The van der Waals surface area contributed by atoms with E-state index in [-0.39, 0.29) is 11.9 Å². The molecule has 1 aliphatic rings. The number of hydrogen-bond acceptors (Lipinski definition) is 2. The zero-order chi connectivity index (χ0) is 12.0. The lowest BCUT2D eigenvalue weighted by atomic mass is 10.3. The predicted molar refractivity (Wildman–Crippen MR) is 62.9 cm³/mol. The molecule has 0 aromatic carbocycles. The summed E-state index contributed by atoms with van der Waals surface area (Å²) in [5.74, 6) is -0.783. The van der Waals surface area contributed by atoms with E-state index in [2.05, 4.69) is 12.2 Å². The number of hydrogen-bond donors (Lipinski definition) is 1. The van der Waals surface area contributed by atoms with Gasteiger partial charge in [0.2, 0.25) is 0 Å². The van der Waals surface area contributed by atoms with Gasteiger partial charge >= 0.3 is 11.8 Å². The van der Waals surface area contributed by atoms with Crippen molar-refractivity contribution in [1.29, 1.82) is 0 Å². The maximum atomic E-state index is 11.8. The second kappa shape index (κ2) is 6.51. The van der Waals surface area contributed by atoms with Crippen LogP contribution in [0.4, 0.5) is 0 Å². The van der Waals surface area contributed by atoms with Crippen molar-refractivity contribution in [2.45, 2.75) is 52.0 Å². The van der Waals surface area contributed by atoms with Gasteiger partial charge in [0.1, 0.15) is 0 Å². The van der Waals surface area contributed by atoms with Crippen LogP contribution in [0.15, 0.2) is 0 Å². The zero-order valence-electron chi connectivity index (χ0n) is 10.3. The molecule has 1 aliphatic carbocycles. The quantitative estimate of drug-likeness (QED) is 0.694. The molecule has 1 saturated carbocycles. The molecule has 4 nitrogen and oxygen atoms in total. The molecule has 0 radical (unpaired) electrons. The standard InChI is InChI=1S/C12H22N2O2/c1-3-5-9-14(8-4-2)12(16)11(15)13-10-6-7-10/h10H,3-9H2,1-2H3,(H,13,15). The number of carbonyl (C=O) groups is 2. The van der Waals surface area contributed by atoms with Gasteiger partial charge in [-0.2, -0.15) is 0 Å². The summed E-state index contributed by atoms with van der Waals surface area (Å²) in [5.41, 5.74) is 0. The van der Waals surface area contributed by atoms with Crippen molar-refractivity contribution in [1.82, 2.24) is 10.2 Å². The largest absolute Gasteiger partial charge is 0.345 e. The van der Waals surface area contributed by atoms with Crippen LogP contribution >= 0.6 is 0 Å². The Morgan fingerprint density at radius 1 is 1.19 bits per heavy atom. The summed E-state index contributed by atoms with van der Waals surface area (Å²) >= 11 is 0. The smallest absolute Gasteiger partial charge is 0.311 e. The van der Waals surface area contributed by atoms with Crippen molar-refractivity contribution in [2.75, 3.05) is 13.1 Å². The molecule has 2 amide bonds. The Bertz CT molecular complexity index is 249. The first-order chi connectivity index (χ1) is 7.69. The molecule has 0 heterocycles. The van der Waals surface area contributed by atoms with Gasteiger partial charge in [-0.1, -0.05) is 20.3 Å². The van der Waals surface area contributed by atoms with Gasteiger partial charge in [0.05, 0.1) is 0 Å². The van der Waals surface area contributed by atoms with Crippen molar-refractivity contribution in [2.24, 2.45) is 0 Å². The van der Waals surface area contributed by atoms with E-state index in [1.165, 1.54) is 0 Å². The first-order valence-electron chi connectivity index (χ1n) is 6.28. The summed E-state index contributed by atoms with van der Waals surface area (Å²) in [5, 5.41) is 2.74. The lowest BCUT2D eigenvalue weighted by Gasteiger charge is -2.21. The number of unbranched alkanes of at least 4 members (excludes halogenated alkanes) is 1. The van der Waals surface area contributed by atoms with Crippen LogP contribution in [0.1, 0.15) is 46.0 Å². The van der Waals surface area contributed by atoms with Crippen LogP contribution in [0.25, 0.3) is 0 Å². The lowest BCUT2D eigenvalue weighted by molar-refractivity contribution is -0.146. The topological polar surface area (TPSA) is 49.4 Å². The molecule has 0 bridgehead atoms. The Balaban J connectivity index is 2.40. The first-order valence-corrected chi connectivity index (χ1v) is 6.28. The van der Waals surface area contributed by atoms with Crippen molar-refractivity contribution >= 4 is 11.8 Å². The highest BCUT2D eigenvalue weighted by Gasteiger charge is 2.28. The molecule has 16 heavy (non-hydrogen) atoms. The Hall–Kier alpha value is -1.06. The summed E-state index contributed by atoms with van der Waals surface area (Å²) in [6.07, 6.45) is 4.93. The van der Waals surface area contributed by atoms with E-state index >= 15 is 0 Å². The van der Waals surface area contributed by atoms with Gasteiger partial charge in [-0.3, -0.25) is 9.59 Å². The van der Waals surface area contributed by atoms with E-state index in [0.717, 1.165) is 32.1 Å². The summed E-state index contributed by atoms with van der Waals surface area (Å²) < 4.78 is 0. The highest BCUT2D eigenvalue weighted by molar-refractivity contribution is 6.35. The summed E-state index contributed by atoms with van der Waals surface area (Å²) in [6, 6.07) is 0.256. The lowest BCUT2D eigenvalue weighted by Crippen LogP contribution is -2.44. The van der Waals surface area contributed by atoms with Crippen molar-refractivity contribution < 1.29 is 9.59 Å². The van der Waals surface area contributed by atoms with Crippen LogP contribution in [0.5, 0.6) is 0 Å². The Morgan fingerprint density at radius 2 is 1.88 bits per heavy atom. The minimum absolute atomic E-state index is 0.256. The third-order valence-electron chi connectivity index (χ3n) is 2.67. The average molecular weight is 226 g/mol. The molecule has 0 unspecified atom stereocenters. The van der Waals surface area contributed by atoms with Crippen LogP contribution in [0, 0.1) is 0 Å². The molecule has 0 saturated heterocycles.